The summed E-state index contributed by atoms with van der Waals surface area (Å²) in [6, 6.07) is 3.17. The number of imidazole rings is 1. The van der Waals surface area contributed by atoms with E-state index in [9.17, 15) is 19.2 Å². The number of pyridine rings is 1. The molecule has 1 amide bonds. The lowest BCUT2D eigenvalue weighted by molar-refractivity contribution is -0.171. The van der Waals surface area contributed by atoms with Crippen LogP contribution in [-0.2, 0) is 35.1 Å². The molecule has 2 aromatic rings. The second kappa shape index (κ2) is 16.8. The Hall–Kier alpha value is -3.60. The van der Waals surface area contributed by atoms with Crippen LogP contribution in [0.4, 0.5) is 4.79 Å². The molecule has 7 atom stereocenters. The van der Waals surface area contributed by atoms with Gasteiger partial charge in [-0.3, -0.25) is 19.4 Å². The molecule has 3 heterocycles. The van der Waals surface area contributed by atoms with Gasteiger partial charge >= 0.3 is 12.1 Å². The molecule has 0 radical (unpaired) electrons. The van der Waals surface area contributed by atoms with Crippen LogP contribution in [0.2, 0.25) is 0 Å². The molecule has 0 unspecified atom stereocenters. The Kier molecular flexibility index (Phi) is 13.5. The van der Waals surface area contributed by atoms with Gasteiger partial charge in [0.1, 0.15) is 17.8 Å². The first-order valence-electron chi connectivity index (χ1n) is 16.6. The van der Waals surface area contributed by atoms with Crippen molar-refractivity contribution in [3.63, 3.8) is 0 Å². The smallest absolute Gasteiger partial charge is 0.410 e. The van der Waals surface area contributed by atoms with Crippen LogP contribution < -0.4 is 0 Å². The van der Waals surface area contributed by atoms with Crippen LogP contribution in [0.1, 0.15) is 80.6 Å². The third kappa shape index (κ3) is 8.60. The molecule has 3 rings (SSSR count). The zero-order valence-corrected chi connectivity index (χ0v) is 28.7. The Balaban J connectivity index is 1.78. The summed E-state index contributed by atoms with van der Waals surface area (Å²) in [5.41, 5.74) is 0.477. The number of hydrogen-bond donors (Lipinski definition) is 0. The van der Waals surface area contributed by atoms with Gasteiger partial charge in [-0.25, -0.2) is 9.78 Å². The molecule has 0 saturated carbocycles. The van der Waals surface area contributed by atoms with Crippen LogP contribution >= 0.6 is 0 Å². The SMILES string of the molecule is CCC[C@@H](C)C(=O)[C@H](C)[C@H]1N(CCCCn2cnc(-c3cccnc3)c2)C(=O)O[C@]1(C)[C@@H](CC)OC(=O)[C@H](C)C(=O)[C@H](C)COC. The van der Waals surface area contributed by atoms with Gasteiger partial charge in [0.25, 0.3) is 0 Å². The summed E-state index contributed by atoms with van der Waals surface area (Å²) in [6.45, 7) is 13.9. The van der Waals surface area contributed by atoms with E-state index in [4.69, 9.17) is 14.2 Å². The second-order valence-electron chi connectivity index (χ2n) is 12.8. The molecular formula is C35H52N4O7. The molecule has 2 aromatic heterocycles. The van der Waals surface area contributed by atoms with E-state index in [1.807, 2.05) is 50.6 Å². The first-order valence-corrected chi connectivity index (χ1v) is 16.6. The van der Waals surface area contributed by atoms with E-state index in [2.05, 4.69) is 9.97 Å². The summed E-state index contributed by atoms with van der Waals surface area (Å²) in [4.78, 5) is 63.6. The maximum absolute atomic E-state index is 13.7. The summed E-state index contributed by atoms with van der Waals surface area (Å²) in [5, 5.41) is 0. The maximum atomic E-state index is 13.7. The molecule has 1 aliphatic heterocycles. The number of esters is 1. The summed E-state index contributed by atoms with van der Waals surface area (Å²) < 4.78 is 19.1. The molecule has 1 saturated heterocycles. The summed E-state index contributed by atoms with van der Waals surface area (Å²) in [5.74, 6) is -3.17. The van der Waals surface area contributed by atoms with E-state index in [0.717, 1.165) is 30.5 Å². The molecule has 1 fully saturated rings. The number of cyclic esters (lactones) is 1. The Morgan fingerprint density at radius 3 is 2.41 bits per heavy atom. The lowest BCUT2D eigenvalue weighted by Crippen LogP contribution is -2.57. The molecule has 1 aliphatic rings. The topological polar surface area (TPSA) is 130 Å². The average Bonchev–Trinajstić information content (AvgIpc) is 3.62. The number of carbonyl (C=O) groups is 4. The van der Waals surface area contributed by atoms with Crippen LogP contribution in [0, 0.1) is 23.7 Å². The van der Waals surface area contributed by atoms with Crippen molar-refractivity contribution < 1.29 is 33.4 Å². The third-order valence-corrected chi connectivity index (χ3v) is 9.20. The van der Waals surface area contributed by atoms with E-state index in [1.54, 1.807) is 37.5 Å². The molecule has 254 valence electrons. The zero-order chi connectivity index (χ0) is 34.0. The Morgan fingerprint density at radius 1 is 1.07 bits per heavy atom. The Morgan fingerprint density at radius 2 is 1.78 bits per heavy atom. The van der Waals surface area contributed by atoms with Gasteiger partial charge in [-0.15, -0.1) is 0 Å². The molecule has 0 bridgehead atoms. The maximum Gasteiger partial charge on any atom is 0.410 e. The van der Waals surface area contributed by atoms with E-state index < -0.39 is 47.6 Å². The molecular weight excluding hydrogens is 588 g/mol. The number of ketones is 2. The van der Waals surface area contributed by atoms with Gasteiger partial charge in [-0.05, 0) is 51.7 Å². The standard InChI is InChI=1S/C35H52N4O7/c1-9-14-23(3)30(40)25(5)32-35(7,29(10-2)45-33(42)26(6)31(41)24(4)21-44-8)46-34(43)39(32)18-12-11-17-38-20-28(37-22-38)27-15-13-16-36-19-27/h13,15-16,19-20,22-26,29,32H,9-12,14,17-18,21H2,1-8H3/t23-,24-,25+,26-,29-,32-,35-/m1/s1. The fraction of sp³-hybridized carbons (Fsp3) is 0.657. The van der Waals surface area contributed by atoms with Gasteiger partial charge in [0, 0.05) is 62.1 Å². The molecule has 11 heteroatoms. The zero-order valence-electron chi connectivity index (χ0n) is 28.7. The second-order valence-corrected chi connectivity index (χ2v) is 12.8. The summed E-state index contributed by atoms with van der Waals surface area (Å²) >= 11 is 0. The van der Waals surface area contributed by atoms with Crippen molar-refractivity contribution in [1.29, 1.82) is 0 Å². The lowest BCUT2D eigenvalue weighted by Gasteiger charge is -2.40. The van der Waals surface area contributed by atoms with Gasteiger partial charge in [0.05, 0.1) is 24.7 Å². The molecule has 0 aromatic carbocycles. The van der Waals surface area contributed by atoms with Gasteiger partial charge in [-0.2, -0.15) is 0 Å². The highest BCUT2D eigenvalue weighted by molar-refractivity contribution is 5.99. The number of nitrogens with zero attached hydrogens (tertiary/aromatic N) is 4. The van der Waals surface area contributed by atoms with E-state index in [1.165, 1.54) is 14.0 Å². The summed E-state index contributed by atoms with van der Waals surface area (Å²) in [6.07, 6.45) is 9.20. The van der Waals surface area contributed by atoms with E-state index >= 15 is 0 Å². The van der Waals surface area contributed by atoms with Gasteiger partial charge in [-0.1, -0.05) is 41.0 Å². The Labute approximate surface area is 273 Å². The minimum Gasteiger partial charge on any atom is -0.458 e. The Bertz CT molecular complexity index is 1320. The van der Waals surface area contributed by atoms with Crippen molar-refractivity contribution in [2.75, 3.05) is 20.3 Å². The number of aryl methyl sites for hydroxylation is 1. The number of rotatable bonds is 19. The quantitative estimate of drug-likeness (QED) is 0.107. The monoisotopic (exact) mass is 640 g/mol. The third-order valence-electron chi connectivity index (χ3n) is 9.20. The predicted molar refractivity (Wildman–Crippen MR) is 174 cm³/mol. The van der Waals surface area contributed by atoms with E-state index in [0.29, 0.717) is 25.9 Å². The first kappa shape index (κ1) is 36.9. The first-order chi connectivity index (χ1) is 21.9. The average molecular weight is 641 g/mol. The van der Waals surface area contributed by atoms with Crippen molar-refractivity contribution in [2.45, 2.75) is 105 Å². The number of ether oxygens (including phenoxy) is 3. The predicted octanol–water partition coefficient (Wildman–Crippen LogP) is 5.76. The number of carbonyl (C=O) groups excluding carboxylic acids is 4. The number of aromatic nitrogens is 3. The van der Waals surface area contributed by atoms with Gasteiger partial charge < -0.3 is 23.7 Å². The van der Waals surface area contributed by atoms with Gasteiger partial charge in [0.15, 0.2) is 11.4 Å². The van der Waals surface area contributed by atoms with Crippen molar-refractivity contribution in [3.05, 3.63) is 37.1 Å². The van der Waals surface area contributed by atoms with Crippen molar-refractivity contribution in [3.8, 4) is 11.3 Å². The highest BCUT2D eigenvalue weighted by Crippen LogP contribution is 2.41. The number of unbranched alkanes of at least 4 members (excludes halogenated alkanes) is 1. The molecule has 0 aliphatic carbocycles. The lowest BCUT2D eigenvalue weighted by atomic mass is 9.76. The number of hydrogen-bond acceptors (Lipinski definition) is 9. The largest absolute Gasteiger partial charge is 0.458 e. The van der Waals surface area contributed by atoms with Crippen LogP contribution in [-0.4, -0.2) is 81.1 Å². The fourth-order valence-electron chi connectivity index (χ4n) is 6.61. The summed E-state index contributed by atoms with van der Waals surface area (Å²) in [7, 11) is 1.50. The molecule has 46 heavy (non-hydrogen) atoms. The highest BCUT2D eigenvalue weighted by Gasteiger charge is 2.59. The van der Waals surface area contributed by atoms with Crippen LogP contribution in [0.3, 0.4) is 0 Å². The van der Waals surface area contributed by atoms with Crippen molar-refractivity contribution >= 4 is 23.6 Å². The van der Waals surface area contributed by atoms with Crippen molar-refractivity contribution in [2.24, 2.45) is 23.7 Å². The molecule has 11 nitrogen and oxygen atoms in total. The highest BCUT2D eigenvalue weighted by atomic mass is 16.6. The minimum absolute atomic E-state index is 0.0424. The van der Waals surface area contributed by atoms with Crippen LogP contribution in [0.25, 0.3) is 11.3 Å². The van der Waals surface area contributed by atoms with Gasteiger partial charge in [0.2, 0.25) is 0 Å². The van der Waals surface area contributed by atoms with Crippen LogP contribution in [0.5, 0.6) is 0 Å². The van der Waals surface area contributed by atoms with Crippen LogP contribution in [0.15, 0.2) is 37.1 Å². The normalized spacial score (nSPS) is 21.3. The van der Waals surface area contributed by atoms with E-state index in [-0.39, 0.29) is 24.1 Å². The molecule has 0 N–H and O–H groups in total. The molecule has 0 spiro atoms. The number of methoxy groups -OCH3 is 1. The minimum atomic E-state index is -1.30. The van der Waals surface area contributed by atoms with Crippen molar-refractivity contribution in [1.82, 2.24) is 19.4 Å². The number of Topliss-reactive ketones (excluding diaryl/α,β-unsaturated/α-hetero) is 2. The number of amides is 1. The fourth-order valence-corrected chi connectivity index (χ4v) is 6.61.